The van der Waals surface area contributed by atoms with E-state index in [-0.39, 0.29) is 13.2 Å². The van der Waals surface area contributed by atoms with E-state index in [1.807, 2.05) is 0 Å². The fraction of sp³-hybridized carbons (Fsp3) is 1.00. The Hall–Kier alpha value is 0.250. The van der Waals surface area contributed by atoms with Crippen LogP contribution in [0.5, 0.6) is 0 Å². The highest BCUT2D eigenvalue weighted by atomic mass is 32.9. The summed E-state index contributed by atoms with van der Waals surface area (Å²) in [6, 6.07) is 0. The number of aliphatic hydroxyl groups excluding tert-OH is 1. The van der Waals surface area contributed by atoms with E-state index in [2.05, 4.69) is 15.4 Å². The lowest BCUT2D eigenvalue weighted by Crippen LogP contribution is -2.03. The molecule has 0 aliphatic rings. The zero-order chi connectivity index (χ0) is 9.45. The Labute approximate surface area is 77.6 Å². The summed E-state index contributed by atoms with van der Waals surface area (Å²) in [6.45, 7) is 0.406. The third-order valence-electron chi connectivity index (χ3n) is 1.28. The first-order valence-electron chi connectivity index (χ1n) is 3.79. The van der Waals surface area contributed by atoms with Crippen molar-refractivity contribution in [3.8, 4) is 0 Å². The van der Waals surface area contributed by atoms with Crippen LogP contribution in [0, 0.1) is 0 Å². The second-order valence-electron chi connectivity index (χ2n) is 2.39. The van der Waals surface area contributed by atoms with Gasteiger partial charge in [0.2, 0.25) is 0 Å². The second-order valence-corrected chi connectivity index (χ2v) is 4.74. The van der Waals surface area contributed by atoms with E-state index in [4.69, 9.17) is 9.66 Å². The molecule has 1 atom stereocenters. The number of aliphatic hydroxyl groups is 1. The van der Waals surface area contributed by atoms with Gasteiger partial charge in [0, 0.05) is 17.8 Å². The summed E-state index contributed by atoms with van der Waals surface area (Å²) in [4.78, 5) is 0. The minimum atomic E-state index is -3.43. The van der Waals surface area contributed by atoms with Gasteiger partial charge < -0.3 is 5.11 Å². The molecule has 74 valence electrons. The predicted octanol–water partition coefficient (Wildman–Crippen LogP) is 0.690. The van der Waals surface area contributed by atoms with Gasteiger partial charge in [-0.05, 0) is 12.8 Å². The van der Waals surface area contributed by atoms with Gasteiger partial charge in [0.25, 0.3) is 9.05 Å². The molecular formula is C6H14O4S2. The topological polar surface area (TPSA) is 66.8 Å². The molecule has 0 aromatic rings. The van der Waals surface area contributed by atoms with Crippen LogP contribution in [0.2, 0.25) is 0 Å². The summed E-state index contributed by atoms with van der Waals surface area (Å²) >= 11 is 4.11. The Bertz CT molecular complexity index is 188. The molecule has 0 aromatic carbocycles. The quantitative estimate of drug-likeness (QED) is 0.610. The largest absolute Gasteiger partial charge is 0.396 e. The molecule has 0 aliphatic carbocycles. The van der Waals surface area contributed by atoms with Gasteiger partial charge >= 0.3 is 0 Å². The monoisotopic (exact) mass is 214 g/mol. The van der Waals surface area contributed by atoms with Crippen LogP contribution in [0.1, 0.15) is 25.7 Å². The van der Waals surface area contributed by atoms with E-state index in [1.54, 1.807) is 0 Å². The Morgan fingerprint density at radius 2 is 1.83 bits per heavy atom. The SMILES string of the molecule is O=S(O)(=S)OCCCCCCO. The molecule has 0 spiro atoms. The summed E-state index contributed by atoms with van der Waals surface area (Å²) in [7, 11) is -3.43. The molecule has 0 rings (SSSR count). The summed E-state index contributed by atoms with van der Waals surface area (Å²) in [5.74, 6) is 0. The summed E-state index contributed by atoms with van der Waals surface area (Å²) in [5, 5.41) is 8.42. The normalized spacial score (nSPS) is 15.8. The lowest BCUT2D eigenvalue weighted by atomic mass is 10.2. The molecule has 0 radical (unpaired) electrons. The van der Waals surface area contributed by atoms with Crippen LogP contribution in [-0.2, 0) is 24.4 Å². The summed E-state index contributed by atoms with van der Waals surface area (Å²) < 4.78 is 23.3. The minimum Gasteiger partial charge on any atom is -0.396 e. The van der Waals surface area contributed by atoms with E-state index >= 15 is 0 Å². The van der Waals surface area contributed by atoms with E-state index in [9.17, 15) is 4.21 Å². The number of hydrogen-bond donors (Lipinski definition) is 2. The van der Waals surface area contributed by atoms with Crippen LogP contribution in [0.4, 0.5) is 0 Å². The maximum atomic E-state index is 10.4. The number of hydrogen-bond acceptors (Lipinski definition) is 4. The Morgan fingerprint density at radius 3 is 2.33 bits per heavy atom. The van der Waals surface area contributed by atoms with Gasteiger partial charge in [-0.1, -0.05) is 12.8 Å². The van der Waals surface area contributed by atoms with E-state index in [0.29, 0.717) is 6.42 Å². The zero-order valence-corrected chi connectivity index (χ0v) is 8.40. The van der Waals surface area contributed by atoms with E-state index < -0.39 is 9.05 Å². The molecule has 0 saturated carbocycles. The van der Waals surface area contributed by atoms with Crippen molar-refractivity contribution in [3.63, 3.8) is 0 Å². The molecule has 0 fully saturated rings. The molecule has 2 N–H and O–H groups in total. The van der Waals surface area contributed by atoms with Crippen molar-refractivity contribution in [2.24, 2.45) is 0 Å². The van der Waals surface area contributed by atoms with Crippen LogP contribution in [-0.4, -0.2) is 27.1 Å². The fourth-order valence-corrected chi connectivity index (χ4v) is 1.26. The van der Waals surface area contributed by atoms with Crippen LogP contribution in [0.25, 0.3) is 0 Å². The summed E-state index contributed by atoms with van der Waals surface area (Å²) in [6.07, 6.45) is 3.26. The number of unbranched alkanes of at least 4 members (excludes halogenated alkanes) is 3. The molecule has 0 aliphatic heterocycles. The van der Waals surface area contributed by atoms with Crippen molar-refractivity contribution in [1.82, 2.24) is 0 Å². The molecule has 0 amide bonds. The Kier molecular flexibility index (Phi) is 6.87. The lowest BCUT2D eigenvalue weighted by molar-refractivity contribution is 0.271. The van der Waals surface area contributed by atoms with Gasteiger partial charge in [-0.15, -0.1) is 0 Å². The lowest BCUT2D eigenvalue weighted by Gasteiger charge is -2.00. The maximum Gasteiger partial charge on any atom is 0.266 e. The first kappa shape index (κ1) is 12.2. The molecule has 4 nitrogen and oxygen atoms in total. The van der Waals surface area contributed by atoms with Gasteiger partial charge in [-0.3, -0.25) is 8.74 Å². The third kappa shape index (κ3) is 10.2. The average Bonchev–Trinajstić information content (AvgIpc) is 1.94. The highest BCUT2D eigenvalue weighted by molar-refractivity contribution is 8.27. The first-order chi connectivity index (χ1) is 5.56. The molecule has 0 bridgehead atoms. The van der Waals surface area contributed by atoms with Crippen molar-refractivity contribution in [1.29, 1.82) is 0 Å². The van der Waals surface area contributed by atoms with Gasteiger partial charge in [0.15, 0.2) is 0 Å². The second kappa shape index (κ2) is 6.73. The minimum absolute atomic E-state index is 0.193. The van der Waals surface area contributed by atoms with E-state index in [0.717, 1.165) is 19.3 Å². The molecule has 0 saturated heterocycles. The molecule has 12 heavy (non-hydrogen) atoms. The molecule has 0 heterocycles. The zero-order valence-electron chi connectivity index (χ0n) is 6.77. The Morgan fingerprint density at radius 1 is 1.25 bits per heavy atom. The molecule has 1 unspecified atom stereocenters. The van der Waals surface area contributed by atoms with Gasteiger partial charge in [-0.2, -0.15) is 4.21 Å². The van der Waals surface area contributed by atoms with Crippen LogP contribution in [0.15, 0.2) is 0 Å². The fourth-order valence-electron chi connectivity index (χ4n) is 0.732. The van der Waals surface area contributed by atoms with Crippen molar-refractivity contribution in [2.75, 3.05) is 13.2 Å². The van der Waals surface area contributed by atoms with Gasteiger partial charge in [0.05, 0.1) is 6.61 Å². The smallest absolute Gasteiger partial charge is 0.266 e. The highest BCUT2D eigenvalue weighted by Crippen LogP contribution is 2.00. The van der Waals surface area contributed by atoms with Crippen LogP contribution < -0.4 is 0 Å². The summed E-state index contributed by atoms with van der Waals surface area (Å²) in [5.41, 5.74) is 0. The maximum absolute atomic E-state index is 10.4. The molecule has 0 aromatic heterocycles. The van der Waals surface area contributed by atoms with Crippen molar-refractivity contribution in [3.05, 3.63) is 0 Å². The van der Waals surface area contributed by atoms with Crippen LogP contribution in [0.3, 0.4) is 0 Å². The van der Waals surface area contributed by atoms with Crippen molar-refractivity contribution in [2.45, 2.75) is 25.7 Å². The highest BCUT2D eigenvalue weighted by Gasteiger charge is 1.98. The Balaban J connectivity index is 3.12. The van der Waals surface area contributed by atoms with Gasteiger partial charge in [-0.25, -0.2) is 0 Å². The molecule has 6 heteroatoms. The third-order valence-corrected chi connectivity index (χ3v) is 2.04. The standard InChI is InChI=1S/C6H14O4S2/c7-5-3-1-2-4-6-10-12(8,9)11/h7H,1-6H2,(H,8,9,11). The number of rotatable bonds is 7. The van der Waals surface area contributed by atoms with Gasteiger partial charge in [0.1, 0.15) is 0 Å². The van der Waals surface area contributed by atoms with Crippen molar-refractivity contribution >= 4 is 20.2 Å². The van der Waals surface area contributed by atoms with Crippen LogP contribution >= 0.6 is 0 Å². The van der Waals surface area contributed by atoms with Crippen molar-refractivity contribution < 1.29 is 18.1 Å². The molecular weight excluding hydrogens is 200 g/mol. The van der Waals surface area contributed by atoms with E-state index in [1.165, 1.54) is 0 Å². The average molecular weight is 214 g/mol. The predicted molar refractivity (Wildman–Crippen MR) is 49.6 cm³/mol. The first-order valence-corrected chi connectivity index (χ1v) is 6.15.